The van der Waals surface area contributed by atoms with Crippen LogP contribution in [0.3, 0.4) is 0 Å². The van der Waals surface area contributed by atoms with Gasteiger partial charge in [0.1, 0.15) is 11.6 Å². The number of carbonyl (C=O) groups is 2. The zero-order chi connectivity index (χ0) is 21.0. The highest BCUT2D eigenvalue weighted by molar-refractivity contribution is 7.16. The maximum Gasteiger partial charge on any atom is 0.340 e. The minimum atomic E-state index is -0.606. The Labute approximate surface area is 171 Å². The predicted octanol–water partition coefficient (Wildman–Crippen LogP) is 3.06. The first kappa shape index (κ1) is 20.7. The van der Waals surface area contributed by atoms with Gasteiger partial charge in [-0.25, -0.2) is 9.78 Å². The van der Waals surface area contributed by atoms with E-state index in [0.717, 1.165) is 5.01 Å². The number of amides is 1. The number of carbonyl (C=O) groups excluding carboxylic acids is 2. The van der Waals surface area contributed by atoms with E-state index in [-0.39, 0.29) is 29.6 Å². The molecule has 29 heavy (non-hydrogen) atoms. The number of rotatable bonds is 7. The van der Waals surface area contributed by atoms with Gasteiger partial charge in [-0.2, -0.15) is 9.61 Å². The van der Waals surface area contributed by atoms with Gasteiger partial charge in [0.25, 0.3) is 5.56 Å². The van der Waals surface area contributed by atoms with E-state index < -0.39 is 5.97 Å². The summed E-state index contributed by atoms with van der Waals surface area (Å²) in [7, 11) is 0. The normalized spacial score (nSPS) is 11.0. The topological polar surface area (TPSA) is 103 Å². The molecule has 8 nitrogen and oxygen atoms in total. The van der Waals surface area contributed by atoms with Crippen LogP contribution in [0.25, 0.3) is 4.96 Å². The number of hydrogen-bond acceptors (Lipinski definition) is 7. The Balaban J connectivity index is 1.73. The molecule has 1 aromatic carbocycles. The molecule has 0 atom stereocenters. The Hall–Kier alpha value is -3.07. The number of aryl methyl sites for hydroxylation is 1. The van der Waals surface area contributed by atoms with Crippen molar-refractivity contribution in [3.8, 4) is 0 Å². The fourth-order valence-corrected chi connectivity index (χ4v) is 3.53. The molecule has 1 N–H and O–H groups in total. The smallest absolute Gasteiger partial charge is 0.340 e. The third kappa shape index (κ3) is 5.05. The summed E-state index contributed by atoms with van der Waals surface area (Å²) in [5.74, 6) is -0.572. The molecule has 0 aliphatic rings. The number of nitrogens with zero attached hydrogens (tertiary/aromatic N) is 3. The van der Waals surface area contributed by atoms with Crippen molar-refractivity contribution >= 4 is 33.9 Å². The maximum absolute atomic E-state index is 12.5. The highest BCUT2D eigenvalue weighted by Crippen LogP contribution is 2.18. The standard InChI is InChI=1S/C20H22N4O4S/c1-4-17-23-24-18(26)10-13(21-20(24)29-17)11-28-19(27)14-7-5-6-8-15(14)22-16(25)9-12(2)3/h5-8,10,12H,4,9,11H2,1-3H3,(H,22,25). The van der Waals surface area contributed by atoms with Gasteiger partial charge in [-0.05, 0) is 24.5 Å². The van der Waals surface area contributed by atoms with Gasteiger partial charge in [0.05, 0.1) is 16.9 Å². The van der Waals surface area contributed by atoms with Crippen molar-refractivity contribution in [2.75, 3.05) is 5.32 Å². The molecule has 3 rings (SSSR count). The van der Waals surface area contributed by atoms with Crippen LogP contribution in [-0.4, -0.2) is 26.5 Å². The molecule has 1 amide bonds. The Morgan fingerprint density at radius 2 is 2.03 bits per heavy atom. The molecule has 9 heteroatoms. The zero-order valence-corrected chi connectivity index (χ0v) is 17.3. The molecule has 2 aromatic heterocycles. The molecular weight excluding hydrogens is 392 g/mol. The van der Waals surface area contributed by atoms with E-state index in [9.17, 15) is 14.4 Å². The lowest BCUT2D eigenvalue weighted by molar-refractivity contribution is -0.116. The molecule has 2 heterocycles. The molecule has 0 saturated heterocycles. The Kier molecular flexibility index (Phi) is 6.38. The number of para-hydroxylation sites is 1. The minimum Gasteiger partial charge on any atom is -0.456 e. The van der Waals surface area contributed by atoms with Crippen LogP contribution >= 0.6 is 11.3 Å². The van der Waals surface area contributed by atoms with E-state index in [2.05, 4.69) is 15.4 Å². The van der Waals surface area contributed by atoms with E-state index in [1.807, 2.05) is 20.8 Å². The summed E-state index contributed by atoms with van der Waals surface area (Å²) < 4.78 is 6.58. The van der Waals surface area contributed by atoms with Crippen LogP contribution in [0.2, 0.25) is 0 Å². The van der Waals surface area contributed by atoms with Gasteiger partial charge >= 0.3 is 5.97 Å². The number of esters is 1. The Morgan fingerprint density at radius 3 is 2.76 bits per heavy atom. The van der Waals surface area contributed by atoms with Crippen LogP contribution < -0.4 is 10.9 Å². The van der Waals surface area contributed by atoms with Gasteiger partial charge in [0.15, 0.2) is 0 Å². The fourth-order valence-electron chi connectivity index (χ4n) is 2.67. The Morgan fingerprint density at radius 1 is 1.28 bits per heavy atom. The number of aromatic nitrogens is 3. The predicted molar refractivity (Wildman–Crippen MR) is 110 cm³/mol. The lowest BCUT2D eigenvalue weighted by Gasteiger charge is -2.11. The lowest BCUT2D eigenvalue weighted by Crippen LogP contribution is -2.18. The third-order valence-electron chi connectivity index (χ3n) is 4.01. The quantitative estimate of drug-likeness (QED) is 0.596. The van der Waals surface area contributed by atoms with E-state index >= 15 is 0 Å². The summed E-state index contributed by atoms with van der Waals surface area (Å²) in [5, 5.41) is 7.74. The molecule has 0 aliphatic heterocycles. The fraction of sp³-hybridized carbons (Fsp3) is 0.350. The van der Waals surface area contributed by atoms with Gasteiger partial charge in [-0.3, -0.25) is 9.59 Å². The van der Waals surface area contributed by atoms with Crippen LogP contribution in [0, 0.1) is 5.92 Å². The second-order valence-electron chi connectivity index (χ2n) is 6.90. The number of anilines is 1. The lowest BCUT2D eigenvalue weighted by atomic mass is 10.1. The molecular formula is C20H22N4O4S. The first-order valence-corrected chi connectivity index (χ1v) is 10.1. The van der Waals surface area contributed by atoms with E-state index in [1.165, 1.54) is 21.9 Å². The molecule has 152 valence electrons. The third-order valence-corrected chi connectivity index (χ3v) is 5.06. The number of ether oxygens (including phenoxy) is 1. The Bertz CT molecular complexity index is 1100. The summed E-state index contributed by atoms with van der Waals surface area (Å²) >= 11 is 1.32. The van der Waals surface area contributed by atoms with Crippen molar-refractivity contribution in [2.24, 2.45) is 5.92 Å². The zero-order valence-electron chi connectivity index (χ0n) is 16.5. The molecule has 0 fully saturated rings. The molecule has 0 unspecified atom stereocenters. The average Bonchev–Trinajstić information content (AvgIpc) is 3.10. The van der Waals surface area contributed by atoms with Crippen LogP contribution in [0.4, 0.5) is 5.69 Å². The van der Waals surface area contributed by atoms with Gasteiger partial charge in [0.2, 0.25) is 10.9 Å². The van der Waals surface area contributed by atoms with E-state index in [4.69, 9.17) is 4.74 Å². The number of hydrogen-bond donors (Lipinski definition) is 1. The van der Waals surface area contributed by atoms with Gasteiger partial charge in [-0.1, -0.05) is 44.2 Å². The second kappa shape index (κ2) is 8.95. The van der Waals surface area contributed by atoms with Crippen molar-refractivity contribution < 1.29 is 14.3 Å². The summed E-state index contributed by atoms with van der Waals surface area (Å²) in [5.41, 5.74) is 0.657. The molecule has 0 saturated carbocycles. The molecule has 0 aliphatic carbocycles. The highest BCUT2D eigenvalue weighted by Gasteiger charge is 2.16. The first-order valence-electron chi connectivity index (χ1n) is 9.32. The SMILES string of the molecule is CCc1nn2c(=O)cc(COC(=O)c3ccccc3NC(=O)CC(C)C)nc2s1. The number of nitrogens with one attached hydrogen (secondary N) is 1. The van der Waals surface area contributed by atoms with Crippen LogP contribution in [0.15, 0.2) is 35.1 Å². The average molecular weight is 414 g/mol. The van der Waals surface area contributed by atoms with Crippen molar-refractivity contribution in [1.29, 1.82) is 0 Å². The van der Waals surface area contributed by atoms with Gasteiger partial charge in [-0.15, -0.1) is 0 Å². The summed E-state index contributed by atoms with van der Waals surface area (Å²) in [4.78, 5) is 41.6. The number of fused-ring (bicyclic) bond motifs is 1. The second-order valence-corrected chi connectivity index (χ2v) is 7.94. The monoisotopic (exact) mass is 414 g/mol. The molecule has 0 spiro atoms. The van der Waals surface area contributed by atoms with Crippen molar-refractivity contribution in [3.05, 3.63) is 57.0 Å². The van der Waals surface area contributed by atoms with Crippen molar-refractivity contribution in [2.45, 2.75) is 40.2 Å². The molecule has 3 aromatic rings. The summed E-state index contributed by atoms with van der Waals surface area (Å²) in [6, 6.07) is 7.95. The van der Waals surface area contributed by atoms with Gasteiger partial charge in [0, 0.05) is 12.5 Å². The molecule has 0 bridgehead atoms. The summed E-state index contributed by atoms with van der Waals surface area (Å²) in [6.07, 6.45) is 1.06. The van der Waals surface area contributed by atoms with E-state index in [0.29, 0.717) is 29.2 Å². The highest BCUT2D eigenvalue weighted by atomic mass is 32.1. The molecule has 0 radical (unpaired) electrons. The van der Waals surface area contributed by atoms with Crippen molar-refractivity contribution in [1.82, 2.24) is 14.6 Å². The largest absolute Gasteiger partial charge is 0.456 e. The van der Waals surface area contributed by atoms with Crippen molar-refractivity contribution in [3.63, 3.8) is 0 Å². The minimum absolute atomic E-state index is 0.155. The maximum atomic E-state index is 12.5. The summed E-state index contributed by atoms with van der Waals surface area (Å²) in [6.45, 7) is 5.68. The van der Waals surface area contributed by atoms with Crippen LogP contribution in [0.5, 0.6) is 0 Å². The van der Waals surface area contributed by atoms with Crippen LogP contribution in [-0.2, 0) is 22.6 Å². The van der Waals surface area contributed by atoms with Crippen LogP contribution in [0.1, 0.15) is 48.3 Å². The van der Waals surface area contributed by atoms with Gasteiger partial charge < -0.3 is 10.1 Å². The first-order chi connectivity index (χ1) is 13.9. The van der Waals surface area contributed by atoms with E-state index in [1.54, 1.807) is 24.3 Å². The number of benzene rings is 1.